The van der Waals surface area contributed by atoms with Gasteiger partial charge in [0.1, 0.15) is 6.10 Å². The van der Waals surface area contributed by atoms with Gasteiger partial charge in [0, 0.05) is 13.1 Å². The van der Waals surface area contributed by atoms with Crippen LogP contribution < -0.4 is 10.1 Å². The van der Waals surface area contributed by atoms with Crippen LogP contribution in [0.15, 0.2) is 42.7 Å². The molecule has 0 bridgehead atoms. The summed E-state index contributed by atoms with van der Waals surface area (Å²) in [5.74, 6) is 0.824. The maximum absolute atomic E-state index is 6.08. The van der Waals surface area contributed by atoms with Crippen molar-refractivity contribution in [1.29, 1.82) is 0 Å². The highest BCUT2D eigenvalue weighted by atomic mass is 16.5. The highest BCUT2D eigenvalue weighted by molar-refractivity contribution is 5.21. The molecule has 0 radical (unpaired) electrons. The number of nitrogens with one attached hydrogen (secondary N) is 1. The maximum Gasteiger partial charge on any atom is 0.158 e. The lowest BCUT2D eigenvalue weighted by molar-refractivity contribution is 0.202. The Balaban J connectivity index is 2.06. The van der Waals surface area contributed by atoms with Gasteiger partial charge in [-0.3, -0.25) is 4.68 Å². The number of likely N-dealkylation sites (N-methyl/N-ethyl adjacent to an activating group) is 1. The number of nitrogens with zero attached hydrogens (tertiary/aromatic N) is 2. The molecule has 4 heteroatoms. The second-order valence-electron chi connectivity index (χ2n) is 4.76. The molecular weight excluding hydrogens is 250 g/mol. The number of benzene rings is 1. The van der Waals surface area contributed by atoms with E-state index in [1.807, 2.05) is 29.1 Å². The fraction of sp³-hybridized carbons (Fsp3) is 0.438. The summed E-state index contributed by atoms with van der Waals surface area (Å²) in [5.41, 5.74) is 1.18. The Kier molecular flexibility index (Phi) is 5.62. The van der Waals surface area contributed by atoms with Gasteiger partial charge in [-0.2, -0.15) is 5.10 Å². The van der Waals surface area contributed by atoms with E-state index < -0.39 is 0 Å². The molecule has 1 aromatic carbocycles. The van der Waals surface area contributed by atoms with Gasteiger partial charge in [0.2, 0.25) is 0 Å². The maximum atomic E-state index is 6.08. The van der Waals surface area contributed by atoms with Gasteiger partial charge in [-0.15, -0.1) is 0 Å². The molecule has 0 fully saturated rings. The zero-order chi connectivity index (χ0) is 14.2. The van der Waals surface area contributed by atoms with Crippen molar-refractivity contribution in [3.05, 3.63) is 48.3 Å². The molecule has 1 aromatic heterocycles. The molecule has 0 amide bonds. The monoisotopic (exact) mass is 273 g/mol. The second kappa shape index (κ2) is 7.70. The third-order valence-corrected chi connectivity index (χ3v) is 3.09. The van der Waals surface area contributed by atoms with E-state index in [0.717, 1.165) is 31.8 Å². The molecule has 0 aliphatic heterocycles. The van der Waals surface area contributed by atoms with Crippen molar-refractivity contribution in [2.24, 2.45) is 0 Å². The van der Waals surface area contributed by atoms with Gasteiger partial charge in [-0.1, -0.05) is 44.2 Å². The van der Waals surface area contributed by atoms with E-state index >= 15 is 0 Å². The summed E-state index contributed by atoms with van der Waals surface area (Å²) in [6, 6.07) is 10.3. The standard InChI is InChI=1S/C16H23N3O/c1-3-10-19-13-15(11-18-19)20-16(12-17-4-2)14-8-6-5-7-9-14/h5-9,11,13,16-17H,3-4,10,12H2,1-2H3. The van der Waals surface area contributed by atoms with Crippen molar-refractivity contribution in [3.8, 4) is 5.75 Å². The molecule has 0 spiro atoms. The third-order valence-electron chi connectivity index (χ3n) is 3.09. The molecule has 2 aromatic rings. The lowest BCUT2D eigenvalue weighted by Gasteiger charge is -2.18. The average molecular weight is 273 g/mol. The van der Waals surface area contributed by atoms with Gasteiger partial charge >= 0.3 is 0 Å². The minimum absolute atomic E-state index is 0.00965. The Morgan fingerprint density at radius 2 is 2.05 bits per heavy atom. The summed E-state index contributed by atoms with van der Waals surface area (Å²) in [6.07, 6.45) is 4.83. The molecule has 1 unspecified atom stereocenters. The van der Waals surface area contributed by atoms with Crippen molar-refractivity contribution in [3.63, 3.8) is 0 Å². The molecule has 0 aliphatic rings. The van der Waals surface area contributed by atoms with E-state index in [4.69, 9.17) is 4.74 Å². The topological polar surface area (TPSA) is 39.1 Å². The lowest BCUT2D eigenvalue weighted by Crippen LogP contribution is -2.24. The van der Waals surface area contributed by atoms with Gasteiger partial charge in [-0.05, 0) is 18.5 Å². The van der Waals surface area contributed by atoms with Crippen molar-refractivity contribution >= 4 is 0 Å². The Bertz CT molecular complexity index is 495. The van der Waals surface area contributed by atoms with Gasteiger partial charge in [0.05, 0.1) is 12.4 Å². The van der Waals surface area contributed by atoms with E-state index in [1.54, 1.807) is 6.20 Å². The summed E-state index contributed by atoms with van der Waals surface area (Å²) in [7, 11) is 0. The van der Waals surface area contributed by atoms with Crippen LogP contribution in [0.25, 0.3) is 0 Å². The van der Waals surface area contributed by atoms with Crippen LogP contribution in [-0.4, -0.2) is 22.9 Å². The number of aryl methyl sites for hydroxylation is 1. The average Bonchev–Trinajstić information content (AvgIpc) is 2.92. The summed E-state index contributed by atoms with van der Waals surface area (Å²) in [4.78, 5) is 0. The van der Waals surface area contributed by atoms with Gasteiger partial charge in [0.25, 0.3) is 0 Å². The van der Waals surface area contributed by atoms with Crippen LogP contribution in [0.5, 0.6) is 5.75 Å². The number of hydrogen-bond acceptors (Lipinski definition) is 3. The Hall–Kier alpha value is -1.81. The molecule has 0 saturated heterocycles. The number of rotatable bonds is 8. The van der Waals surface area contributed by atoms with Crippen molar-refractivity contribution in [2.75, 3.05) is 13.1 Å². The fourth-order valence-corrected chi connectivity index (χ4v) is 2.09. The Morgan fingerprint density at radius 1 is 1.25 bits per heavy atom. The van der Waals surface area contributed by atoms with Crippen molar-refractivity contribution < 1.29 is 4.74 Å². The van der Waals surface area contributed by atoms with E-state index in [2.05, 4.69) is 36.4 Å². The molecule has 2 rings (SSSR count). The summed E-state index contributed by atoms with van der Waals surface area (Å²) in [5, 5.41) is 7.65. The molecule has 108 valence electrons. The van der Waals surface area contributed by atoms with Crippen LogP contribution in [-0.2, 0) is 6.54 Å². The molecule has 1 atom stereocenters. The van der Waals surface area contributed by atoms with Gasteiger partial charge < -0.3 is 10.1 Å². The van der Waals surface area contributed by atoms with Crippen LogP contribution in [0.1, 0.15) is 31.9 Å². The van der Waals surface area contributed by atoms with Gasteiger partial charge in [-0.25, -0.2) is 0 Å². The van der Waals surface area contributed by atoms with Crippen LogP contribution in [0.2, 0.25) is 0 Å². The Labute approximate surface area is 120 Å². The first-order valence-electron chi connectivity index (χ1n) is 7.28. The molecule has 4 nitrogen and oxygen atoms in total. The molecule has 0 saturated carbocycles. The zero-order valence-corrected chi connectivity index (χ0v) is 12.2. The summed E-state index contributed by atoms with van der Waals surface area (Å²) < 4.78 is 8.01. The van der Waals surface area contributed by atoms with E-state index in [1.165, 1.54) is 5.56 Å². The van der Waals surface area contributed by atoms with Crippen LogP contribution in [0.4, 0.5) is 0 Å². The predicted molar refractivity (Wildman–Crippen MR) is 80.9 cm³/mol. The second-order valence-corrected chi connectivity index (χ2v) is 4.76. The van der Waals surface area contributed by atoms with Crippen molar-refractivity contribution in [2.45, 2.75) is 32.9 Å². The first-order valence-corrected chi connectivity index (χ1v) is 7.28. The predicted octanol–water partition coefficient (Wildman–Crippen LogP) is 3.02. The minimum Gasteiger partial charge on any atom is -0.481 e. The van der Waals surface area contributed by atoms with Gasteiger partial charge in [0.15, 0.2) is 5.75 Å². The first kappa shape index (κ1) is 14.6. The normalized spacial score (nSPS) is 12.3. The number of aromatic nitrogens is 2. The fourth-order valence-electron chi connectivity index (χ4n) is 2.09. The lowest BCUT2D eigenvalue weighted by atomic mass is 10.1. The van der Waals surface area contributed by atoms with E-state index in [9.17, 15) is 0 Å². The first-order chi connectivity index (χ1) is 9.83. The highest BCUT2D eigenvalue weighted by Crippen LogP contribution is 2.21. The number of ether oxygens (including phenoxy) is 1. The minimum atomic E-state index is 0.00965. The Morgan fingerprint density at radius 3 is 2.75 bits per heavy atom. The number of hydrogen-bond donors (Lipinski definition) is 1. The van der Waals surface area contributed by atoms with Crippen LogP contribution in [0.3, 0.4) is 0 Å². The molecule has 1 N–H and O–H groups in total. The van der Waals surface area contributed by atoms with Crippen LogP contribution >= 0.6 is 0 Å². The third kappa shape index (κ3) is 4.10. The quantitative estimate of drug-likeness (QED) is 0.803. The summed E-state index contributed by atoms with van der Waals surface area (Å²) in [6.45, 7) is 6.88. The molecule has 20 heavy (non-hydrogen) atoms. The highest BCUT2D eigenvalue weighted by Gasteiger charge is 2.13. The molecule has 1 heterocycles. The molecule has 0 aliphatic carbocycles. The molecular formula is C16H23N3O. The largest absolute Gasteiger partial charge is 0.481 e. The SMILES string of the molecule is CCCn1cc(OC(CNCC)c2ccccc2)cn1. The van der Waals surface area contributed by atoms with Crippen molar-refractivity contribution in [1.82, 2.24) is 15.1 Å². The smallest absolute Gasteiger partial charge is 0.158 e. The summed E-state index contributed by atoms with van der Waals surface area (Å²) >= 11 is 0. The van der Waals surface area contributed by atoms with E-state index in [-0.39, 0.29) is 6.10 Å². The van der Waals surface area contributed by atoms with E-state index in [0.29, 0.717) is 0 Å². The zero-order valence-electron chi connectivity index (χ0n) is 12.2. The van der Waals surface area contributed by atoms with Crippen LogP contribution in [0, 0.1) is 0 Å².